The Hall–Kier alpha value is -3.70. The summed E-state index contributed by atoms with van der Waals surface area (Å²) >= 11 is 0. The van der Waals surface area contributed by atoms with Crippen molar-refractivity contribution in [2.24, 2.45) is 0 Å². The largest absolute Gasteiger partial charge is 0.393 e. The van der Waals surface area contributed by atoms with Gasteiger partial charge in [-0.3, -0.25) is 20.2 Å². The molecular weight excluding hydrogens is 400 g/mol. The number of amides is 10. The van der Waals surface area contributed by atoms with Crippen molar-refractivity contribution < 1.29 is 44.1 Å². The van der Waals surface area contributed by atoms with E-state index in [0.717, 1.165) is 0 Å². The fraction of sp³-hybridized carbons (Fsp3) is 0.500. The van der Waals surface area contributed by atoms with Gasteiger partial charge in [-0.1, -0.05) is 0 Å². The van der Waals surface area contributed by atoms with E-state index in [1.165, 1.54) is 0 Å². The monoisotopic (exact) mass is 418 g/mol. The van der Waals surface area contributed by atoms with E-state index in [1.54, 1.807) is 5.32 Å². The Morgan fingerprint density at radius 3 is 1.90 bits per heavy atom. The topological polar surface area (TPSA) is 259 Å². The Bertz CT molecular complexity index is 760. The third-order valence-electron chi connectivity index (χ3n) is 3.88. The molecule has 3 atom stereocenters. The molecule has 0 aromatic carbocycles. The van der Waals surface area contributed by atoms with Gasteiger partial charge in [0.05, 0.1) is 19.9 Å². The molecule has 17 nitrogen and oxygen atoms in total. The van der Waals surface area contributed by atoms with Gasteiger partial charge in [0, 0.05) is 0 Å². The van der Waals surface area contributed by atoms with Crippen LogP contribution in [-0.2, 0) is 9.59 Å². The summed E-state index contributed by atoms with van der Waals surface area (Å²) in [5.41, 5.74) is -4.43. The number of imide groups is 2. The minimum absolute atomic E-state index is 0.588. The standard InChI is InChI=1S/C12H18N8O9/c21-1-4(23)12(6(25)16-10(29)20-12)19-8(27)14-3-13-7(26)17-11(2-22)5(24)15-9(28)18-11/h4,21-23H,1-3H2,(H2,13,17,26)(H2,14,19,27)(H2,15,18,24,28)(H2,16,20,25,29). The molecule has 17 heteroatoms. The molecule has 2 heterocycles. The van der Waals surface area contributed by atoms with Gasteiger partial charge in [0.1, 0.15) is 6.10 Å². The first-order chi connectivity index (χ1) is 13.6. The van der Waals surface area contributed by atoms with Crippen molar-refractivity contribution in [3.63, 3.8) is 0 Å². The number of hydrogen-bond acceptors (Lipinski definition) is 9. The molecule has 0 aliphatic carbocycles. The second kappa shape index (κ2) is 8.12. The number of rotatable bonds is 7. The third kappa shape index (κ3) is 4.25. The van der Waals surface area contributed by atoms with Crippen LogP contribution in [-0.4, -0.2) is 88.6 Å². The smallest absolute Gasteiger partial charge is 0.323 e. The van der Waals surface area contributed by atoms with Gasteiger partial charge in [-0.15, -0.1) is 0 Å². The lowest BCUT2D eigenvalue weighted by atomic mass is 10.0. The van der Waals surface area contributed by atoms with Crippen molar-refractivity contribution in [3.8, 4) is 0 Å². The van der Waals surface area contributed by atoms with Gasteiger partial charge in [0.2, 0.25) is 11.3 Å². The molecule has 2 aliphatic rings. The minimum atomic E-state index is -2.34. The number of nitrogens with one attached hydrogen (secondary N) is 8. The number of aliphatic hydroxyl groups is 3. The maximum Gasteiger partial charge on any atom is 0.323 e. The predicted octanol–water partition coefficient (Wildman–Crippen LogP) is -6.04. The van der Waals surface area contributed by atoms with Crippen molar-refractivity contribution in [3.05, 3.63) is 0 Å². The van der Waals surface area contributed by atoms with Crippen LogP contribution in [0.25, 0.3) is 0 Å². The van der Waals surface area contributed by atoms with Crippen LogP contribution in [0.3, 0.4) is 0 Å². The first-order valence-electron chi connectivity index (χ1n) is 7.87. The molecule has 2 saturated heterocycles. The van der Waals surface area contributed by atoms with E-state index in [1.807, 2.05) is 26.6 Å². The summed E-state index contributed by atoms with van der Waals surface area (Å²) in [4.78, 5) is 69.7. The zero-order valence-electron chi connectivity index (χ0n) is 14.5. The van der Waals surface area contributed by atoms with Crippen LogP contribution in [0.2, 0.25) is 0 Å². The molecule has 0 bridgehead atoms. The lowest BCUT2D eigenvalue weighted by Crippen LogP contribution is -2.70. The van der Waals surface area contributed by atoms with Gasteiger partial charge in [-0.05, 0) is 0 Å². The quantitative estimate of drug-likeness (QED) is 0.139. The van der Waals surface area contributed by atoms with Crippen molar-refractivity contribution in [2.45, 2.75) is 17.4 Å². The molecular formula is C12H18N8O9. The van der Waals surface area contributed by atoms with E-state index in [9.17, 15) is 39.0 Å². The highest BCUT2D eigenvalue weighted by molar-refractivity contribution is 6.09. The summed E-state index contributed by atoms with van der Waals surface area (Å²) in [5.74, 6) is -2.13. The highest BCUT2D eigenvalue weighted by Crippen LogP contribution is 2.12. The van der Waals surface area contributed by atoms with E-state index < -0.39 is 73.3 Å². The normalized spacial score (nSPS) is 26.6. The summed E-state index contributed by atoms with van der Waals surface area (Å²) in [6, 6.07) is -4.18. The van der Waals surface area contributed by atoms with Crippen molar-refractivity contribution in [1.29, 1.82) is 0 Å². The molecule has 0 aromatic rings. The van der Waals surface area contributed by atoms with Crippen LogP contribution >= 0.6 is 0 Å². The molecule has 3 unspecified atom stereocenters. The zero-order chi connectivity index (χ0) is 21.8. The Morgan fingerprint density at radius 2 is 1.45 bits per heavy atom. The molecule has 0 saturated carbocycles. The minimum Gasteiger partial charge on any atom is -0.393 e. The summed E-state index contributed by atoms with van der Waals surface area (Å²) < 4.78 is 0. The summed E-state index contributed by atoms with van der Waals surface area (Å²) in [5, 5.41) is 43.8. The van der Waals surface area contributed by atoms with Gasteiger partial charge >= 0.3 is 24.1 Å². The first kappa shape index (κ1) is 21.6. The average Bonchev–Trinajstić information content (AvgIpc) is 3.09. The van der Waals surface area contributed by atoms with Gasteiger partial charge < -0.3 is 47.2 Å². The Labute approximate surface area is 160 Å². The van der Waals surface area contributed by atoms with E-state index in [2.05, 4.69) is 10.6 Å². The van der Waals surface area contributed by atoms with Crippen LogP contribution in [0.4, 0.5) is 19.2 Å². The van der Waals surface area contributed by atoms with Gasteiger partial charge in [0.25, 0.3) is 11.8 Å². The van der Waals surface area contributed by atoms with Crippen molar-refractivity contribution >= 4 is 35.9 Å². The summed E-state index contributed by atoms with van der Waals surface area (Å²) in [6.45, 7) is -2.52. The highest BCUT2D eigenvalue weighted by Gasteiger charge is 2.53. The molecule has 0 radical (unpaired) electrons. The maximum absolute atomic E-state index is 11.9. The van der Waals surface area contributed by atoms with Crippen LogP contribution in [0.1, 0.15) is 0 Å². The van der Waals surface area contributed by atoms with Crippen LogP contribution < -0.4 is 42.5 Å². The molecule has 11 N–H and O–H groups in total. The number of carbonyl (C=O) groups excluding carboxylic acids is 6. The lowest BCUT2D eigenvalue weighted by molar-refractivity contribution is -0.130. The van der Waals surface area contributed by atoms with E-state index in [0.29, 0.717) is 0 Å². The molecule has 2 rings (SSSR count). The Kier molecular flexibility index (Phi) is 6.05. The molecule has 2 aliphatic heterocycles. The molecule has 160 valence electrons. The van der Waals surface area contributed by atoms with Crippen molar-refractivity contribution in [1.82, 2.24) is 42.5 Å². The second-order valence-corrected chi connectivity index (χ2v) is 5.82. The predicted molar refractivity (Wildman–Crippen MR) is 87.2 cm³/mol. The zero-order valence-corrected chi connectivity index (χ0v) is 14.5. The first-order valence-corrected chi connectivity index (χ1v) is 7.87. The number of urea groups is 4. The van der Waals surface area contributed by atoms with Crippen LogP contribution in [0.15, 0.2) is 0 Å². The van der Waals surface area contributed by atoms with Crippen LogP contribution in [0, 0.1) is 0 Å². The highest BCUT2D eigenvalue weighted by atomic mass is 16.3. The van der Waals surface area contributed by atoms with E-state index in [-0.39, 0.29) is 0 Å². The number of hydrogen-bond donors (Lipinski definition) is 11. The summed E-state index contributed by atoms with van der Waals surface area (Å²) in [7, 11) is 0. The molecule has 0 aromatic heterocycles. The van der Waals surface area contributed by atoms with Gasteiger partial charge in [-0.25, -0.2) is 19.2 Å². The summed E-state index contributed by atoms with van der Waals surface area (Å²) in [6.07, 6.45) is -1.88. The van der Waals surface area contributed by atoms with E-state index >= 15 is 0 Å². The van der Waals surface area contributed by atoms with Gasteiger partial charge in [-0.2, -0.15) is 0 Å². The maximum atomic E-state index is 11.9. The average molecular weight is 418 g/mol. The SMILES string of the molecule is O=C(NCNC(=O)NC1(C(O)CO)NC(=O)NC1=O)NC1(CO)NC(=O)NC1=O. The van der Waals surface area contributed by atoms with Gasteiger partial charge in [0.15, 0.2) is 0 Å². The Morgan fingerprint density at radius 1 is 0.897 bits per heavy atom. The lowest BCUT2D eigenvalue weighted by Gasteiger charge is -2.30. The molecule has 2 fully saturated rings. The number of aliphatic hydroxyl groups excluding tert-OH is 3. The fourth-order valence-electron chi connectivity index (χ4n) is 2.41. The fourth-order valence-corrected chi connectivity index (χ4v) is 2.41. The van der Waals surface area contributed by atoms with Crippen molar-refractivity contribution in [2.75, 3.05) is 19.9 Å². The van der Waals surface area contributed by atoms with E-state index in [4.69, 9.17) is 5.11 Å². The number of carbonyl (C=O) groups is 6. The third-order valence-corrected chi connectivity index (χ3v) is 3.88. The molecule has 29 heavy (non-hydrogen) atoms. The van der Waals surface area contributed by atoms with Crippen LogP contribution in [0.5, 0.6) is 0 Å². The Balaban J connectivity index is 1.88. The molecule has 0 spiro atoms. The molecule has 10 amide bonds. The second-order valence-electron chi connectivity index (χ2n) is 5.82.